The summed E-state index contributed by atoms with van der Waals surface area (Å²) in [6.07, 6.45) is -5.63. The molecule has 0 saturated carbocycles. The van der Waals surface area contributed by atoms with Crippen LogP contribution in [0.3, 0.4) is 0 Å². The second-order valence-electron chi connectivity index (χ2n) is 5.49. The van der Waals surface area contributed by atoms with Gasteiger partial charge in [0.2, 0.25) is 5.90 Å². The lowest BCUT2D eigenvalue weighted by molar-refractivity contribution is -0.385. The van der Waals surface area contributed by atoms with E-state index in [2.05, 4.69) is 20.1 Å². The molecule has 0 radical (unpaired) electrons. The van der Waals surface area contributed by atoms with Crippen LogP contribution in [0.15, 0.2) is 33.6 Å². The second-order valence-corrected chi connectivity index (χ2v) is 5.49. The summed E-state index contributed by atoms with van der Waals surface area (Å²) in [6, 6.07) is 2.29. The number of carbonyl (C=O) groups excluding carboxylic acids is 1. The maximum absolute atomic E-state index is 13.0. The molecule has 0 aromatic heterocycles. The van der Waals surface area contributed by atoms with Gasteiger partial charge in [-0.05, 0) is 24.5 Å². The highest BCUT2D eigenvalue weighted by Crippen LogP contribution is 2.53. The monoisotopic (exact) mass is 418 g/mol. The van der Waals surface area contributed by atoms with Crippen LogP contribution in [0.4, 0.5) is 18.9 Å². The molecule has 12 nitrogen and oxygen atoms in total. The van der Waals surface area contributed by atoms with Gasteiger partial charge in [-0.1, -0.05) is 5.16 Å². The number of hydrogen-bond acceptors (Lipinski definition) is 11. The van der Waals surface area contributed by atoms with E-state index in [1.165, 1.54) is 0 Å². The quantitative estimate of drug-likeness (QED) is 0.160. The van der Waals surface area contributed by atoms with Crippen molar-refractivity contribution in [3.05, 3.63) is 33.9 Å². The Morgan fingerprint density at radius 1 is 1.34 bits per heavy atom. The van der Waals surface area contributed by atoms with Crippen molar-refractivity contribution in [3.63, 3.8) is 0 Å². The molecule has 0 fully saturated rings. The number of hydrogen-bond donors (Lipinski definition) is 2. The fourth-order valence-electron chi connectivity index (χ4n) is 2.08. The van der Waals surface area contributed by atoms with E-state index in [1.807, 2.05) is 0 Å². The van der Waals surface area contributed by atoms with Gasteiger partial charge < -0.3 is 25.2 Å². The van der Waals surface area contributed by atoms with Crippen molar-refractivity contribution >= 4 is 23.5 Å². The Hall–Kier alpha value is -3.78. The molecular formula is C14H11F3N5O7-. The molecular weight excluding hydrogens is 407 g/mol. The number of carbonyl (C=O) groups is 1. The van der Waals surface area contributed by atoms with Crippen LogP contribution in [0.2, 0.25) is 0 Å². The van der Waals surface area contributed by atoms with Gasteiger partial charge in [0.15, 0.2) is 12.4 Å². The number of nitro groups is 1. The number of benzene rings is 1. The van der Waals surface area contributed by atoms with Crippen molar-refractivity contribution in [2.75, 3.05) is 6.61 Å². The maximum atomic E-state index is 13.0. The largest absolute Gasteiger partial charge is 0.862 e. The third-order valence-corrected chi connectivity index (χ3v) is 3.51. The smallest absolute Gasteiger partial charge is 0.442 e. The molecule has 0 saturated heterocycles. The van der Waals surface area contributed by atoms with Crippen LogP contribution in [-0.2, 0) is 15.2 Å². The topological polar surface area (TPSA) is 183 Å². The minimum atomic E-state index is -4.88. The molecule has 0 aliphatic carbocycles. The number of halogens is 3. The van der Waals surface area contributed by atoms with E-state index >= 15 is 0 Å². The molecule has 15 heteroatoms. The van der Waals surface area contributed by atoms with E-state index in [4.69, 9.17) is 15.4 Å². The summed E-state index contributed by atoms with van der Waals surface area (Å²) in [5.41, 5.74) is -4.33. The van der Waals surface area contributed by atoms with Crippen LogP contribution in [0.5, 0.6) is 5.75 Å². The summed E-state index contributed by atoms with van der Waals surface area (Å²) in [5, 5.41) is 45.6. The summed E-state index contributed by atoms with van der Waals surface area (Å²) < 4.78 is 48.5. The van der Waals surface area contributed by atoms with Gasteiger partial charge in [0.05, 0.1) is 4.92 Å². The highest BCUT2D eigenvalue weighted by molar-refractivity contribution is 5.90. The Morgan fingerprint density at radius 3 is 2.48 bits per heavy atom. The van der Waals surface area contributed by atoms with E-state index in [0.29, 0.717) is 6.07 Å². The first kappa shape index (κ1) is 21.5. The third-order valence-electron chi connectivity index (χ3n) is 3.51. The molecule has 0 bridgehead atoms. The zero-order chi connectivity index (χ0) is 21.8. The Labute approximate surface area is 158 Å². The molecule has 1 heterocycles. The van der Waals surface area contributed by atoms with E-state index in [9.17, 15) is 33.2 Å². The number of nitrogens with zero attached hydrogens (tertiary/aromatic N) is 4. The average molecular weight is 418 g/mol. The maximum Gasteiger partial charge on any atom is 0.442 e. The van der Waals surface area contributed by atoms with Crippen LogP contribution in [0.1, 0.15) is 18.4 Å². The first-order valence-electron chi connectivity index (χ1n) is 7.58. The number of rotatable bonds is 8. The number of esters is 1. The lowest BCUT2D eigenvalue weighted by Gasteiger charge is -2.15. The Bertz CT molecular complexity index is 894. The van der Waals surface area contributed by atoms with Crippen molar-refractivity contribution in [1.82, 2.24) is 0 Å². The van der Waals surface area contributed by atoms with Gasteiger partial charge in [-0.15, -0.1) is 10.2 Å². The van der Waals surface area contributed by atoms with Gasteiger partial charge in [0, 0.05) is 18.1 Å². The van der Waals surface area contributed by atoms with Crippen molar-refractivity contribution in [2.45, 2.75) is 24.7 Å². The highest BCUT2D eigenvalue weighted by atomic mass is 19.4. The van der Waals surface area contributed by atoms with Crippen molar-refractivity contribution in [1.29, 1.82) is 5.41 Å². The molecule has 156 valence electrons. The zero-order valence-electron chi connectivity index (χ0n) is 14.2. The van der Waals surface area contributed by atoms with Gasteiger partial charge in [0.25, 0.3) is 0 Å². The molecule has 1 aliphatic heterocycles. The molecule has 0 atom stereocenters. The minimum Gasteiger partial charge on any atom is -0.862 e. The van der Waals surface area contributed by atoms with E-state index < -0.39 is 64.6 Å². The predicted molar refractivity (Wildman–Crippen MR) is 83.5 cm³/mol. The summed E-state index contributed by atoms with van der Waals surface area (Å²) in [4.78, 5) is 21.8. The van der Waals surface area contributed by atoms with Gasteiger partial charge in [-0.3, -0.25) is 10.1 Å². The summed E-state index contributed by atoms with van der Waals surface area (Å²) in [7, 11) is 0. The van der Waals surface area contributed by atoms with Crippen molar-refractivity contribution in [3.8, 4) is 5.75 Å². The van der Waals surface area contributed by atoms with Crippen molar-refractivity contribution < 1.29 is 42.7 Å². The molecule has 0 spiro atoms. The fourth-order valence-corrected chi connectivity index (χ4v) is 2.08. The van der Waals surface area contributed by atoms with E-state index in [1.54, 1.807) is 0 Å². The van der Waals surface area contributed by atoms with Gasteiger partial charge in [-0.25, -0.2) is 4.79 Å². The number of nitrogens with one attached hydrogen (secondary N) is 1. The normalized spacial score (nSPS) is 14.9. The molecule has 0 unspecified atom stereocenters. The van der Waals surface area contributed by atoms with Crippen molar-refractivity contribution in [2.24, 2.45) is 15.4 Å². The van der Waals surface area contributed by atoms with Gasteiger partial charge >= 0.3 is 23.5 Å². The number of oxime groups is 1. The molecule has 29 heavy (non-hydrogen) atoms. The third kappa shape index (κ3) is 4.94. The first-order chi connectivity index (χ1) is 13.5. The Balaban J connectivity index is 2.08. The average Bonchev–Trinajstić information content (AvgIpc) is 3.45. The minimum absolute atomic E-state index is 0.355. The van der Waals surface area contributed by atoms with Gasteiger partial charge in [0.1, 0.15) is 0 Å². The van der Waals surface area contributed by atoms with Gasteiger partial charge in [-0.2, -0.15) is 13.2 Å². The van der Waals surface area contributed by atoms with E-state index in [-0.39, 0.29) is 6.42 Å². The molecule has 1 aromatic carbocycles. The van der Waals surface area contributed by atoms with Crippen LogP contribution in [0.25, 0.3) is 0 Å². The predicted octanol–water partition coefficient (Wildman–Crippen LogP) is 1.60. The molecule has 0 amide bonds. The number of alkyl halides is 3. The SMILES string of the molecule is N=C([O-])CCC(=NO)OC(=O)COc1ccc(C2(C(F)(F)F)N=N2)cc1[N+](=O)[O-]. The second kappa shape index (κ2) is 8.07. The highest BCUT2D eigenvalue weighted by Gasteiger charge is 2.65. The summed E-state index contributed by atoms with van der Waals surface area (Å²) >= 11 is 0. The Kier molecular flexibility index (Phi) is 5.99. The summed E-state index contributed by atoms with van der Waals surface area (Å²) in [5.74, 6) is -3.29. The van der Waals surface area contributed by atoms with Crippen LogP contribution >= 0.6 is 0 Å². The lowest BCUT2D eigenvalue weighted by Crippen LogP contribution is -2.30. The number of nitro benzene ring substituents is 1. The standard InChI is InChI=1S/C14H12F3N5O7/c15-14(16,17)13(20-21-13)7-1-2-9(8(5-7)22(26)27)28-6-12(24)29-11(19-25)4-3-10(18)23/h1-2,5,25H,3-4,6H2,(H2,18,23)/p-1. The molecule has 1 aromatic rings. The van der Waals surface area contributed by atoms with Crippen LogP contribution in [-0.4, -0.2) is 40.7 Å². The van der Waals surface area contributed by atoms with E-state index in [0.717, 1.165) is 12.1 Å². The van der Waals surface area contributed by atoms with Crippen LogP contribution < -0.4 is 9.84 Å². The Morgan fingerprint density at radius 2 is 2.00 bits per heavy atom. The number of ether oxygens (including phenoxy) is 2. The molecule has 1 aliphatic rings. The molecule has 2 rings (SSSR count). The van der Waals surface area contributed by atoms with Crippen LogP contribution in [0, 0.1) is 15.5 Å². The summed E-state index contributed by atoms with van der Waals surface area (Å²) in [6.45, 7) is -0.923. The zero-order valence-corrected chi connectivity index (χ0v) is 14.2. The fraction of sp³-hybridized carbons (Fsp3) is 0.357. The molecule has 2 N–H and O–H groups in total. The first-order valence-corrected chi connectivity index (χ1v) is 7.58. The lowest BCUT2D eigenvalue weighted by atomic mass is 10.0.